The van der Waals surface area contributed by atoms with Crippen LogP contribution in [0.25, 0.3) is 0 Å². The summed E-state index contributed by atoms with van der Waals surface area (Å²) in [7, 11) is 0. The largest absolute Gasteiger partial charge is 0.396 e. The van der Waals surface area contributed by atoms with Gasteiger partial charge in [0.1, 0.15) is 0 Å². The molecule has 0 saturated carbocycles. The molecule has 0 aliphatic carbocycles. The van der Waals surface area contributed by atoms with Crippen LogP contribution in [-0.2, 0) is 13.1 Å². The molecule has 0 aromatic heterocycles. The molecule has 0 amide bonds. The molecule has 1 aliphatic heterocycles. The molecule has 2 aromatic carbocycles. The Labute approximate surface area is 156 Å². The highest BCUT2D eigenvalue weighted by atomic mass is 16.3. The van der Waals surface area contributed by atoms with Crippen molar-refractivity contribution in [1.82, 2.24) is 9.80 Å². The first-order chi connectivity index (χ1) is 12.7. The Bertz CT molecular complexity index is 717. The smallest absolute Gasteiger partial charge is 0.159 e. The highest BCUT2D eigenvalue weighted by molar-refractivity contribution is 5.94. The van der Waals surface area contributed by atoms with Crippen molar-refractivity contribution in [3.05, 3.63) is 71.3 Å². The van der Waals surface area contributed by atoms with Crippen LogP contribution in [0.3, 0.4) is 0 Å². The van der Waals surface area contributed by atoms with E-state index in [1.165, 1.54) is 11.1 Å². The fourth-order valence-electron chi connectivity index (χ4n) is 3.70. The molecular formula is C22H28N2O2. The lowest BCUT2D eigenvalue weighted by Crippen LogP contribution is -2.52. The zero-order valence-corrected chi connectivity index (χ0v) is 15.5. The van der Waals surface area contributed by atoms with Crippen molar-refractivity contribution < 1.29 is 9.90 Å². The SMILES string of the molecule is CC(=O)c1cccc(CN2CCN(Cc3ccccc3)C(CCO)C2)c1. The number of Topliss-reactive ketones (excluding diaryl/α,β-unsaturated/α-hetero) is 1. The van der Waals surface area contributed by atoms with Crippen LogP contribution >= 0.6 is 0 Å². The molecule has 4 heteroatoms. The number of benzene rings is 2. The van der Waals surface area contributed by atoms with Crippen LogP contribution in [0.2, 0.25) is 0 Å². The third-order valence-electron chi connectivity index (χ3n) is 5.12. The molecule has 2 aromatic rings. The van der Waals surface area contributed by atoms with Crippen LogP contribution in [0.1, 0.15) is 34.8 Å². The maximum atomic E-state index is 11.6. The lowest BCUT2D eigenvalue weighted by molar-refractivity contribution is 0.0499. The molecule has 1 N–H and O–H groups in total. The van der Waals surface area contributed by atoms with Gasteiger partial charge in [-0.1, -0.05) is 48.5 Å². The Kier molecular flexibility index (Phi) is 6.56. The number of carbonyl (C=O) groups is 1. The maximum Gasteiger partial charge on any atom is 0.159 e. The molecule has 0 bridgehead atoms. The summed E-state index contributed by atoms with van der Waals surface area (Å²) in [5.74, 6) is 0.109. The summed E-state index contributed by atoms with van der Waals surface area (Å²) in [6.07, 6.45) is 0.789. The van der Waals surface area contributed by atoms with Gasteiger partial charge in [0, 0.05) is 50.9 Å². The zero-order chi connectivity index (χ0) is 18.4. The van der Waals surface area contributed by atoms with Gasteiger partial charge in [-0.05, 0) is 30.5 Å². The van der Waals surface area contributed by atoms with E-state index in [-0.39, 0.29) is 12.4 Å². The lowest BCUT2D eigenvalue weighted by atomic mass is 10.0. The van der Waals surface area contributed by atoms with E-state index in [1.807, 2.05) is 24.3 Å². The summed E-state index contributed by atoms with van der Waals surface area (Å²) in [6.45, 7) is 6.53. The first-order valence-corrected chi connectivity index (χ1v) is 9.37. The van der Waals surface area contributed by atoms with Crippen molar-refractivity contribution in [2.45, 2.75) is 32.5 Å². The first kappa shape index (κ1) is 18.8. The lowest BCUT2D eigenvalue weighted by Gasteiger charge is -2.41. The van der Waals surface area contributed by atoms with E-state index in [9.17, 15) is 9.90 Å². The minimum atomic E-state index is 0.109. The maximum absolute atomic E-state index is 11.6. The van der Waals surface area contributed by atoms with Crippen LogP contribution in [0.4, 0.5) is 0 Å². The molecule has 1 saturated heterocycles. The minimum absolute atomic E-state index is 0.109. The third-order valence-corrected chi connectivity index (χ3v) is 5.12. The fraction of sp³-hybridized carbons (Fsp3) is 0.409. The number of aliphatic hydroxyl groups excluding tert-OH is 1. The van der Waals surface area contributed by atoms with Gasteiger partial charge in [-0.15, -0.1) is 0 Å². The summed E-state index contributed by atoms with van der Waals surface area (Å²) in [6, 6.07) is 18.8. The second kappa shape index (κ2) is 9.08. The molecule has 3 rings (SSSR count). The molecule has 1 aliphatic rings. The summed E-state index contributed by atoms with van der Waals surface area (Å²) in [5.41, 5.74) is 3.27. The molecule has 0 radical (unpaired) electrons. The summed E-state index contributed by atoms with van der Waals surface area (Å²) < 4.78 is 0. The quantitative estimate of drug-likeness (QED) is 0.778. The van der Waals surface area contributed by atoms with Crippen molar-refractivity contribution >= 4 is 5.78 Å². The number of rotatable bonds is 7. The number of ketones is 1. The van der Waals surface area contributed by atoms with Crippen molar-refractivity contribution in [2.24, 2.45) is 0 Å². The highest BCUT2D eigenvalue weighted by Gasteiger charge is 2.26. The van der Waals surface area contributed by atoms with Crippen LogP contribution in [0.5, 0.6) is 0 Å². The van der Waals surface area contributed by atoms with Crippen LogP contribution < -0.4 is 0 Å². The van der Waals surface area contributed by atoms with Gasteiger partial charge < -0.3 is 5.11 Å². The van der Waals surface area contributed by atoms with E-state index in [4.69, 9.17) is 0 Å². The van der Waals surface area contributed by atoms with E-state index in [2.05, 4.69) is 40.1 Å². The second-order valence-corrected chi connectivity index (χ2v) is 7.11. The number of aliphatic hydroxyl groups is 1. The first-order valence-electron chi connectivity index (χ1n) is 9.37. The Balaban J connectivity index is 1.63. The summed E-state index contributed by atoms with van der Waals surface area (Å²) >= 11 is 0. The van der Waals surface area contributed by atoms with Gasteiger partial charge in [0.2, 0.25) is 0 Å². The molecule has 1 atom stereocenters. The van der Waals surface area contributed by atoms with Gasteiger partial charge in [0.15, 0.2) is 5.78 Å². The molecule has 1 heterocycles. The molecule has 138 valence electrons. The predicted molar refractivity (Wildman–Crippen MR) is 104 cm³/mol. The summed E-state index contributed by atoms with van der Waals surface area (Å²) in [5, 5.41) is 9.49. The van der Waals surface area contributed by atoms with E-state index >= 15 is 0 Å². The average Bonchev–Trinajstić information content (AvgIpc) is 2.65. The minimum Gasteiger partial charge on any atom is -0.396 e. The van der Waals surface area contributed by atoms with Crippen molar-refractivity contribution in [3.63, 3.8) is 0 Å². The van der Waals surface area contributed by atoms with Crippen molar-refractivity contribution in [2.75, 3.05) is 26.2 Å². The Morgan fingerprint density at radius 1 is 1.04 bits per heavy atom. The normalized spacial score (nSPS) is 18.8. The average molecular weight is 352 g/mol. The van der Waals surface area contributed by atoms with Gasteiger partial charge in [0.05, 0.1) is 0 Å². The topological polar surface area (TPSA) is 43.8 Å². The Hall–Kier alpha value is -2.01. The number of piperazine rings is 1. The van der Waals surface area contributed by atoms with Gasteiger partial charge in [-0.25, -0.2) is 0 Å². The predicted octanol–water partition coefficient (Wildman–Crippen LogP) is 2.96. The number of hydrogen-bond acceptors (Lipinski definition) is 4. The molecule has 1 fully saturated rings. The Morgan fingerprint density at radius 3 is 2.54 bits per heavy atom. The molecule has 4 nitrogen and oxygen atoms in total. The van der Waals surface area contributed by atoms with Crippen LogP contribution in [0, 0.1) is 0 Å². The molecule has 1 unspecified atom stereocenters. The molecular weight excluding hydrogens is 324 g/mol. The number of hydrogen-bond donors (Lipinski definition) is 1. The van der Waals surface area contributed by atoms with Gasteiger partial charge in [-0.2, -0.15) is 0 Å². The fourth-order valence-corrected chi connectivity index (χ4v) is 3.70. The van der Waals surface area contributed by atoms with Crippen molar-refractivity contribution in [3.8, 4) is 0 Å². The summed E-state index contributed by atoms with van der Waals surface area (Å²) in [4.78, 5) is 16.5. The molecule has 0 spiro atoms. The van der Waals surface area contributed by atoms with E-state index in [0.717, 1.165) is 44.7 Å². The van der Waals surface area contributed by atoms with E-state index in [1.54, 1.807) is 6.92 Å². The third kappa shape index (κ3) is 5.01. The Morgan fingerprint density at radius 2 is 1.81 bits per heavy atom. The molecule has 26 heavy (non-hydrogen) atoms. The van der Waals surface area contributed by atoms with Crippen molar-refractivity contribution in [1.29, 1.82) is 0 Å². The standard InChI is InChI=1S/C22H28N2O2/c1-18(26)21-9-5-8-20(14-21)15-23-11-12-24(22(17-23)10-13-25)16-19-6-3-2-4-7-19/h2-9,14,22,25H,10-13,15-17H2,1H3. The van der Waals surface area contributed by atoms with Crippen LogP contribution in [-0.4, -0.2) is 53.0 Å². The van der Waals surface area contributed by atoms with Gasteiger partial charge in [-0.3, -0.25) is 14.6 Å². The highest BCUT2D eigenvalue weighted by Crippen LogP contribution is 2.19. The van der Waals surface area contributed by atoms with Gasteiger partial charge >= 0.3 is 0 Å². The number of carbonyl (C=O) groups excluding carboxylic acids is 1. The zero-order valence-electron chi connectivity index (χ0n) is 15.5. The number of nitrogens with zero attached hydrogens (tertiary/aromatic N) is 2. The second-order valence-electron chi connectivity index (χ2n) is 7.11. The monoisotopic (exact) mass is 352 g/mol. The van der Waals surface area contributed by atoms with Gasteiger partial charge in [0.25, 0.3) is 0 Å². The van der Waals surface area contributed by atoms with E-state index < -0.39 is 0 Å². The van der Waals surface area contributed by atoms with E-state index in [0.29, 0.717) is 6.04 Å². The van der Waals surface area contributed by atoms with Crippen LogP contribution in [0.15, 0.2) is 54.6 Å².